The standard InChI is InChI=1S/C22H28N2O6S/c1-2-3-12-24-18-14-16(22(25)30-20-11-7-8-13-28-20)15-19(31(23,26)27)21(18)29-17-9-5-4-6-10-17/h4-6,9-10,14-15,20,24H,2-3,7-8,11-13H2,1H3,(H2,23,26,27). The third kappa shape index (κ3) is 6.43. The van der Waals surface area contributed by atoms with Gasteiger partial charge >= 0.3 is 5.97 Å². The maximum absolute atomic E-state index is 12.7. The minimum atomic E-state index is -4.20. The first-order valence-electron chi connectivity index (χ1n) is 10.4. The van der Waals surface area contributed by atoms with Crippen molar-refractivity contribution in [3.8, 4) is 11.5 Å². The Morgan fingerprint density at radius 1 is 1.23 bits per heavy atom. The summed E-state index contributed by atoms with van der Waals surface area (Å²) in [6, 6.07) is 11.5. The SMILES string of the molecule is CCCCNc1cc(C(=O)OC2CCCCO2)cc(S(N)(=O)=O)c1Oc1ccccc1. The first-order valence-corrected chi connectivity index (χ1v) is 11.9. The molecule has 1 heterocycles. The zero-order chi connectivity index (χ0) is 22.3. The molecule has 2 aromatic rings. The van der Waals surface area contributed by atoms with Crippen molar-refractivity contribution < 1.29 is 27.4 Å². The van der Waals surface area contributed by atoms with Gasteiger partial charge in [-0.3, -0.25) is 0 Å². The second kappa shape index (κ2) is 10.6. The molecule has 31 heavy (non-hydrogen) atoms. The van der Waals surface area contributed by atoms with Crippen LogP contribution in [0.5, 0.6) is 11.5 Å². The number of benzene rings is 2. The number of carbonyl (C=O) groups excluding carboxylic acids is 1. The van der Waals surface area contributed by atoms with Crippen molar-refractivity contribution in [2.24, 2.45) is 5.14 Å². The fourth-order valence-corrected chi connectivity index (χ4v) is 3.87. The van der Waals surface area contributed by atoms with Crippen LogP contribution in [0.25, 0.3) is 0 Å². The van der Waals surface area contributed by atoms with E-state index in [1.54, 1.807) is 24.3 Å². The van der Waals surface area contributed by atoms with Crippen LogP contribution in [0.15, 0.2) is 47.4 Å². The number of nitrogens with one attached hydrogen (secondary N) is 1. The molecular weight excluding hydrogens is 420 g/mol. The van der Waals surface area contributed by atoms with Crippen LogP contribution in [-0.4, -0.2) is 33.8 Å². The molecule has 8 nitrogen and oxygen atoms in total. The molecular formula is C22H28N2O6S. The van der Waals surface area contributed by atoms with Crippen LogP contribution >= 0.6 is 0 Å². The fourth-order valence-electron chi connectivity index (χ4n) is 3.17. The Labute approximate surface area is 182 Å². The highest BCUT2D eigenvalue weighted by molar-refractivity contribution is 7.89. The maximum atomic E-state index is 12.7. The Morgan fingerprint density at radius 2 is 2.00 bits per heavy atom. The first kappa shape index (κ1) is 23.1. The number of anilines is 1. The molecule has 3 rings (SSSR count). The highest BCUT2D eigenvalue weighted by Gasteiger charge is 2.26. The number of rotatable bonds is 9. The average Bonchev–Trinajstić information content (AvgIpc) is 2.75. The van der Waals surface area contributed by atoms with Crippen LogP contribution in [0.1, 0.15) is 49.4 Å². The van der Waals surface area contributed by atoms with Crippen LogP contribution < -0.4 is 15.2 Å². The van der Waals surface area contributed by atoms with Gasteiger partial charge in [-0.2, -0.15) is 0 Å². The van der Waals surface area contributed by atoms with Gasteiger partial charge in [0.2, 0.25) is 16.3 Å². The molecule has 1 saturated heterocycles. The predicted molar refractivity (Wildman–Crippen MR) is 117 cm³/mol. The number of nitrogens with two attached hydrogens (primary N) is 1. The number of esters is 1. The van der Waals surface area contributed by atoms with Gasteiger partial charge in [-0.05, 0) is 43.5 Å². The highest BCUT2D eigenvalue weighted by atomic mass is 32.2. The molecule has 1 fully saturated rings. The lowest BCUT2D eigenvalue weighted by Gasteiger charge is -2.23. The summed E-state index contributed by atoms with van der Waals surface area (Å²) in [6.45, 7) is 3.13. The molecule has 0 radical (unpaired) electrons. The Bertz CT molecular complexity index is 989. The molecule has 0 saturated carbocycles. The Kier molecular flexibility index (Phi) is 7.89. The monoisotopic (exact) mass is 448 g/mol. The van der Waals surface area contributed by atoms with E-state index in [-0.39, 0.29) is 16.2 Å². The van der Waals surface area contributed by atoms with E-state index in [0.717, 1.165) is 25.7 Å². The van der Waals surface area contributed by atoms with E-state index in [0.29, 0.717) is 31.0 Å². The summed E-state index contributed by atoms with van der Waals surface area (Å²) in [5.74, 6) is -0.200. The molecule has 0 amide bonds. The third-order valence-electron chi connectivity index (χ3n) is 4.78. The maximum Gasteiger partial charge on any atom is 0.340 e. The molecule has 0 aromatic heterocycles. The van der Waals surface area contributed by atoms with Crippen molar-refractivity contribution in [2.45, 2.75) is 50.2 Å². The van der Waals surface area contributed by atoms with Crippen LogP contribution in [0.2, 0.25) is 0 Å². The van der Waals surface area contributed by atoms with Gasteiger partial charge in [0.25, 0.3) is 0 Å². The number of unbranched alkanes of at least 4 members (excludes halogenated alkanes) is 1. The normalized spacial score (nSPS) is 16.5. The molecule has 0 spiro atoms. The number of para-hydroxylation sites is 1. The molecule has 0 aliphatic carbocycles. The molecule has 1 unspecified atom stereocenters. The van der Waals surface area contributed by atoms with E-state index in [1.165, 1.54) is 12.1 Å². The van der Waals surface area contributed by atoms with Crippen LogP contribution in [0.3, 0.4) is 0 Å². The van der Waals surface area contributed by atoms with Crippen molar-refractivity contribution in [3.63, 3.8) is 0 Å². The Balaban J connectivity index is 2.00. The van der Waals surface area contributed by atoms with E-state index >= 15 is 0 Å². The van der Waals surface area contributed by atoms with Gasteiger partial charge < -0.3 is 19.5 Å². The van der Waals surface area contributed by atoms with Crippen molar-refractivity contribution in [2.75, 3.05) is 18.5 Å². The molecule has 2 aromatic carbocycles. The molecule has 9 heteroatoms. The Hall–Kier alpha value is -2.62. The second-order valence-electron chi connectivity index (χ2n) is 7.29. The van der Waals surface area contributed by atoms with Gasteiger partial charge in [-0.15, -0.1) is 0 Å². The zero-order valence-corrected chi connectivity index (χ0v) is 18.3. The number of carbonyl (C=O) groups is 1. The van der Waals surface area contributed by atoms with E-state index in [9.17, 15) is 13.2 Å². The largest absolute Gasteiger partial charge is 0.454 e. The molecule has 1 aliphatic rings. The molecule has 3 N–H and O–H groups in total. The summed E-state index contributed by atoms with van der Waals surface area (Å²) in [5.41, 5.74) is 0.401. The van der Waals surface area contributed by atoms with E-state index in [2.05, 4.69) is 5.32 Å². The first-order chi connectivity index (χ1) is 14.9. The van der Waals surface area contributed by atoms with E-state index in [4.69, 9.17) is 19.3 Å². The van der Waals surface area contributed by atoms with E-state index < -0.39 is 22.3 Å². The van der Waals surface area contributed by atoms with E-state index in [1.807, 2.05) is 13.0 Å². The van der Waals surface area contributed by atoms with Crippen LogP contribution in [0.4, 0.5) is 5.69 Å². The summed E-state index contributed by atoms with van der Waals surface area (Å²) in [4.78, 5) is 12.4. The number of hydrogen-bond donors (Lipinski definition) is 2. The van der Waals surface area contributed by atoms with Crippen molar-refractivity contribution in [1.29, 1.82) is 0 Å². The van der Waals surface area contributed by atoms with Crippen LogP contribution in [0, 0.1) is 0 Å². The minimum Gasteiger partial charge on any atom is -0.454 e. The van der Waals surface area contributed by atoms with Gasteiger partial charge in [-0.1, -0.05) is 31.5 Å². The van der Waals surface area contributed by atoms with Crippen LogP contribution in [-0.2, 0) is 19.5 Å². The van der Waals surface area contributed by atoms with Gasteiger partial charge in [0, 0.05) is 13.0 Å². The summed E-state index contributed by atoms with van der Waals surface area (Å²) < 4.78 is 41.5. The predicted octanol–water partition coefficient (Wildman–Crippen LogP) is 4.02. The average molecular weight is 449 g/mol. The van der Waals surface area contributed by atoms with Gasteiger partial charge in [-0.25, -0.2) is 18.4 Å². The third-order valence-corrected chi connectivity index (χ3v) is 5.70. The molecule has 0 bridgehead atoms. The van der Waals surface area contributed by atoms with Crippen molar-refractivity contribution in [1.82, 2.24) is 0 Å². The summed E-state index contributed by atoms with van der Waals surface area (Å²) in [5, 5.41) is 8.64. The van der Waals surface area contributed by atoms with Gasteiger partial charge in [0.1, 0.15) is 10.6 Å². The zero-order valence-electron chi connectivity index (χ0n) is 17.5. The van der Waals surface area contributed by atoms with Gasteiger partial charge in [0.05, 0.1) is 17.9 Å². The van der Waals surface area contributed by atoms with Crippen molar-refractivity contribution in [3.05, 3.63) is 48.0 Å². The molecule has 1 atom stereocenters. The second-order valence-corrected chi connectivity index (χ2v) is 8.82. The number of sulfonamides is 1. The number of primary sulfonamides is 1. The molecule has 1 aliphatic heterocycles. The summed E-state index contributed by atoms with van der Waals surface area (Å²) in [7, 11) is -4.20. The fraction of sp³-hybridized carbons (Fsp3) is 0.409. The number of hydrogen-bond acceptors (Lipinski definition) is 7. The van der Waals surface area contributed by atoms with Gasteiger partial charge in [0.15, 0.2) is 5.75 Å². The molecule has 168 valence electrons. The summed E-state index contributed by atoms with van der Waals surface area (Å²) >= 11 is 0. The minimum absolute atomic E-state index is 0.0373. The smallest absolute Gasteiger partial charge is 0.340 e. The lowest BCUT2D eigenvalue weighted by atomic mass is 10.1. The summed E-state index contributed by atoms with van der Waals surface area (Å²) in [6.07, 6.45) is 3.56. The topological polar surface area (TPSA) is 117 Å². The lowest BCUT2D eigenvalue weighted by Crippen LogP contribution is -2.25. The number of ether oxygens (including phenoxy) is 3. The lowest BCUT2D eigenvalue weighted by molar-refractivity contribution is -0.131. The van der Waals surface area contributed by atoms with Crippen molar-refractivity contribution >= 4 is 21.7 Å². The quantitative estimate of drug-likeness (QED) is 0.439. The highest BCUT2D eigenvalue weighted by Crippen LogP contribution is 2.37. The Morgan fingerprint density at radius 3 is 2.65 bits per heavy atom.